The smallest absolute Gasteiger partial charge is 0.327 e. The average molecular weight is 442 g/mol. The molecule has 3 rings (SSSR count). The molecule has 3 aromatic rings. The van der Waals surface area contributed by atoms with E-state index in [9.17, 15) is 9.59 Å². The molecular weight excluding hydrogens is 410 g/mol. The summed E-state index contributed by atoms with van der Waals surface area (Å²) in [5.74, 6) is 1.07. The first-order chi connectivity index (χ1) is 15.4. The van der Waals surface area contributed by atoms with E-state index in [4.69, 9.17) is 14.5 Å². The van der Waals surface area contributed by atoms with Gasteiger partial charge in [0, 0.05) is 19.2 Å². The van der Waals surface area contributed by atoms with Gasteiger partial charge in [0.05, 0.1) is 19.3 Å². The van der Waals surface area contributed by atoms with E-state index in [0.717, 1.165) is 30.0 Å². The number of aromatic nitrogens is 4. The first-order valence-electron chi connectivity index (χ1n) is 10.9. The lowest BCUT2D eigenvalue weighted by Gasteiger charge is -2.14. The summed E-state index contributed by atoms with van der Waals surface area (Å²) in [6.45, 7) is 6.52. The third-order valence-corrected chi connectivity index (χ3v) is 5.27. The lowest BCUT2D eigenvalue weighted by molar-refractivity contribution is -0.141. The van der Waals surface area contributed by atoms with Gasteiger partial charge in [-0.25, -0.2) is 9.78 Å². The highest BCUT2D eigenvalue weighted by atomic mass is 16.5. The molecule has 0 saturated carbocycles. The van der Waals surface area contributed by atoms with Crippen molar-refractivity contribution < 1.29 is 14.3 Å². The lowest BCUT2D eigenvalue weighted by Crippen LogP contribution is -2.28. The van der Waals surface area contributed by atoms with E-state index in [-0.39, 0.29) is 11.5 Å². The van der Waals surface area contributed by atoms with Crippen LogP contribution in [-0.4, -0.2) is 45.1 Å². The summed E-state index contributed by atoms with van der Waals surface area (Å²) in [5, 5.41) is 7.57. The highest BCUT2D eigenvalue weighted by Gasteiger charge is 2.18. The number of nitrogens with one attached hydrogen (secondary N) is 1. The van der Waals surface area contributed by atoms with Crippen molar-refractivity contribution in [2.24, 2.45) is 7.05 Å². The zero-order valence-electron chi connectivity index (χ0n) is 19.3. The summed E-state index contributed by atoms with van der Waals surface area (Å²) >= 11 is 0. The van der Waals surface area contributed by atoms with E-state index in [1.54, 1.807) is 23.2 Å². The van der Waals surface area contributed by atoms with Crippen LogP contribution >= 0.6 is 0 Å². The fourth-order valence-corrected chi connectivity index (χ4v) is 3.65. The topological polar surface area (TPSA) is 100 Å². The van der Waals surface area contributed by atoms with Crippen molar-refractivity contribution in [2.75, 3.05) is 19.0 Å². The summed E-state index contributed by atoms with van der Waals surface area (Å²) in [6, 6.07) is 6.84. The maximum absolute atomic E-state index is 13.2. The molecule has 9 nitrogen and oxygen atoms in total. The molecule has 1 unspecified atom stereocenters. The first kappa shape index (κ1) is 23.3. The largest absolute Gasteiger partial charge is 0.492 e. The third-order valence-electron chi connectivity index (χ3n) is 5.27. The minimum atomic E-state index is -0.446. The van der Waals surface area contributed by atoms with E-state index in [1.807, 2.05) is 31.2 Å². The maximum Gasteiger partial charge on any atom is 0.327 e. The fourth-order valence-electron chi connectivity index (χ4n) is 3.65. The van der Waals surface area contributed by atoms with Crippen molar-refractivity contribution in [2.45, 2.75) is 52.6 Å². The molecule has 32 heavy (non-hydrogen) atoms. The molecule has 1 N–H and O–H groups in total. The van der Waals surface area contributed by atoms with Gasteiger partial charge in [0.25, 0.3) is 5.56 Å². The van der Waals surface area contributed by atoms with Gasteiger partial charge in [-0.15, -0.1) is 0 Å². The number of esters is 1. The molecule has 172 valence electrons. The molecule has 0 aliphatic heterocycles. The molecule has 2 heterocycles. The zero-order valence-corrected chi connectivity index (χ0v) is 19.3. The van der Waals surface area contributed by atoms with Gasteiger partial charge in [-0.2, -0.15) is 5.10 Å². The van der Waals surface area contributed by atoms with Crippen molar-refractivity contribution in [1.82, 2.24) is 19.3 Å². The second-order valence-corrected chi connectivity index (χ2v) is 7.62. The van der Waals surface area contributed by atoms with Crippen molar-refractivity contribution in [3.05, 3.63) is 46.1 Å². The van der Waals surface area contributed by atoms with Crippen molar-refractivity contribution >= 4 is 22.7 Å². The quantitative estimate of drug-likeness (QED) is 0.483. The number of nitrogens with zero attached hydrogens (tertiary/aromatic N) is 4. The summed E-state index contributed by atoms with van der Waals surface area (Å²) in [6.07, 6.45) is 2.38. The number of benzene rings is 1. The molecule has 0 aliphatic rings. The van der Waals surface area contributed by atoms with Crippen LogP contribution in [0.15, 0.2) is 29.1 Å². The molecule has 9 heteroatoms. The molecule has 0 radical (unpaired) electrons. The minimum Gasteiger partial charge on any atom is -0.492 e. The van der Waals surface area contributed by atoms with E-state index in [1.165, 1.54) is 7.11 Å². The predicted molar refractivity (Wildman–Crippen MR) is 123 cm³/mol. The van der Waals surface area contributed by atoms with Crippen LogP contribution in [0.3, 0.4) is 0 Å². The zero-order chi connectivity index (χ0) is 23.3. The third kappa shape index (κ3) is 4.92. The summed E-state index contributed by atoms with van der Waals surface area (Å²) < 4.78 is 13.9. The van der Waals surface area contributed by atoms with Gasteiger partial charge in [-0.1, -0.05) is 20.3 Å². The number of aryl methyl sites for hydroxylation is 3. The number of anilines is 1. The van der Waals surface area contributed by atoms with Crippen LogP contribution < -0.4 is 15.6 Å². The van der Waals surface area contributed by atoms with Crippen molar-refractivity contribution in [1.29, 1.82) is 0 Å². The Balaban J connectivity index is 1.71. The maximum atomic E-state index is 13.2. The normalized spacial score (nSPS) is 12.0. The monoisotopic (exact) mass is 441 g/mol. The Morgan fingerprint density at radius 3 is 2.56 bits per heavy atom. The van der Waals surface area contributed by atoms with Crippen LogP contribution in [0.25, 0.3) is 11.0 Å². The van der Waals surface area contributed by atoms with Crippen LogP contribution in [-0.2, 0) is 36.0 Å². The molecule has 0 fully saturated rings. The van der Waals surface area contributed by atoms with Crippen molar-refractivity contribution in [3.63, 3.8) is 0 Å². The SMILES string of the molecule is CCCc1nn(C)c2c(=O)n(CCOc3ccc(NC(C)C(=O)OC)cc3)c(CC)nc12. The van der Waals surface area contributed by atoms with E-state index < -0.39 is 6.04 Å². The second kappa shape index (κ2) is 10.3. The molecule has 0 amide bonds. The van der Waals surface area contributed by atoms with Crippen LogP contribution in [0.4, 0.5) is 5.69 Å². The number of carbonyl (C=O) groups excluding carboxylic acids is 1. The number of ether oxygens (including phenoxy) is 2. The molecule has 1 aromatic carbocycles. The highest BCUT2D eigenvalue weighted by molar-refractivity contribution is 5.78. The van der Waals surface area contributed by atoms with Gasteiger partial charge in [-0.3, -0.25) is 14.0 Å². The van der Waals surface area contributed by atoms with Gasteiger partial charge in [0.15, 0.2) is 5.52 Å². The molecule has 0 bridgehead atoms. The van der Waals surface area contributed by atoms with Crippen LogP contribution in [0, 0.1) is 0 Å². The second-order valence-electron chi connectivity index (χ2n) is 7.62. The Kier molecular flexibility index (Phi) is 7.50. The number of carbonyl (C=O) groups is 1. The standard InChI is InChI=1S/C23H31N5O4/c1-6-8-18-20-21(27(4)26-18)22(29)28(19(7-2)25-20)13-14-32-17-11-9-16(10-12-17)24-15(3)23(30)31-5/h9-12,15,24H,6-8,13-14H2,1-5H3. The average Bonchev–Trinajstić information content (AvgIpc) is 3.10. The van der Waals surface area contributed by atoms with E-state index in [0.29, 0.717) is 36.4 Å². The van der Waals surface area contributed by atoms with Gasteiger partial charge >= 0.3 is 5.97 Å². The fraction of sp³-hybridized carbons (Fsp3) is 0.478. The van der Waals surface area contributed by atoms with Gasteiger partial charge in [-0.05, 0) is 37.6 Å². The Morgan fingerprint density at radius 2 is 1.94 bits per heavy atom. The Morgan fingerprint density at radius 1 is 1.22 bits per heavy atom. The molecular formula is C23H31N5O4. The van der Waals surface area contributed by atoms with Crippen LogP contribution in [0.1, 0.15) is 38.7 Å². The van der Waals surface area contributed by atoms with Gasteiger partial charge in [0.1, 0.15) is 29.7 Å². The summed E-state index contributed by atoms with van der Waals surface area (Å²) in [5.41, 5.74) is 2.80. The number of hydrogen-bond donors (Lipinski definition) is 1. The number of fused-ring (bicyclic) bond motifs is 1. The van der Waals surface area contributed by atoms with Gasteiger partial charge in [0.2, 0.25) is 0 Å². The molecule has 0 saturated heterocycles. The molecule has 1 atom stereocenters. The lowest BCUT2D eigenvalue weighted by atomic mass is 10.2. The predicted octanol–water partition coefficient (Wildman–Crippen LogP) is 2.70. The Labute approximate surface area is 187 Å². The van der Waals surface area contributed by atoms with Crippen LogP contribution in [0.5, 0.6) is 5.75 Å². The highest BCUT2D eigenvalue weighted by Crippen LogP contribution is 2.18. The molecule has 0 aliphatic carbocycles. The Hall–Kier alpha value is -3.36. The summed E-state index contributed by atoms with van der Waals surface area (Å²) in [7, 11) is 3.14. The van der Waals surface area contributed by atoms with Gasteiger partial charge < -0.3 is 14.8 Å². The number of methoxy groups -OCH3 is 1. The first-order valence-corrected chi connectivity index (χ1v) is 10.9. The number of hydrogen-bond acceptors (Lipinski definition) is 7. The molecule has 0 spiro atoms. The van der Waals surface area contributed by atoms with Crippen molar-refractivity contribution in [3.8, 4) is 5.75 Å². The summed E-state index contributed by atoms with van der Waals surface area (Å²) in [4.78, 5) is 29.5. The minimum absolute atomic E-state index is 0.0934. The van der Waals surface area contributed by atoms with Crippen LogP contribution in [0.2, 0.25) is 0 Å². The Bertz CT molecular complexity index is 1130. The number of rotatable bonds is 10. The molecule has 2 aromatic heterocycles. The van der Waals surface area contributed by atoms with E-state index >= 15 is 0 Å². The van der Waals surface area contributed by atoms with E-state index in [2.05, 4.69) is 17.3 Å².